The van der Waals surface area contributed by atoms with Crippen LogP contribution in [0.1, 0.15) is 201 Å². The van der Waals surface area contributed by atoms with Gasteiger partial charge in [0, 0.05) is 32.6 Å². The van der Waals surface area contributed by atoms with Crippen molar-refractivity contribution < 1.29 is 33.6 Å². The molecule has 1 N–H and O–H groups in total. The summed E-state index contributed by atoms with van der Waals surface area (Å²) < 4.78 is 23.0. The Morgan fingerprint density at radius 3 is 1.44 bits per heavy atom. The molecule has 0 saturated carbocycles. The maximum absolute atomic E-state index is 12.5. The lowest BCUT2D eigenvalue weighted by Gasteiger charge is -2.21. The van der Waals surface area contributed by atoms with E-state index >= 15 is 0 Å². The predicted molar refractivity (Wildman–Crippen MR) is 226 cm³/mol. The number of nitrogens with zero attached hydrogens (tertiary/aromatic N) is 1. The van der Waals surface area contributed by atoms with Gasteiger partial charge in [0.2, 0.25) is 0 Å². The molecular formula is C46H87NO7. The van der Waals surface area contributed by atoms with Gasteiger partial charge in [-0.05, 0) is 96.6 Å². The number of ether oxygens (including phenoxy) is 4. The van der Waals surface area contributed by atoms with Crippen LogP contribution < -0.4 is 0 Å². The van der Waals surface area contributed by atoms with Gasteiger partial charge in [0.15, 0.2) is 6.29 Å². The van der Waals surface area contributed by atoms with Crippen molar-refractivity contribution in [3.8, 4) is 0 Å². The molecule has 0 aromatic heterocycles. The Bertz CT molecular complexity index is 825. The van der Waals surface area contributed by atoms with Crippen molar-refractivity contribution in [1.82, 2.24) is 4.90 Å². The highest BCUT2D eigenvalue weighted by molar-refractivity contribution is 5.69. The number of esters is 2. The van der Waals surface area contributed by atoms with Crippen LogP contribution in [0.25, 0.3) is 0 Å². The number of carbonyl (C=O) groups is 2. The van der Waals surface area contributed by atoms with E-state index in [0.717, 1.165) is 135 Å². The Balaban J connectivity index is 3.97. The Morgan fingerprint density at radius 2 is 0.944 bits per heavy atom. The second-order valence-corrected chi connectivity index (χ2v) is 14.9. The minimum Gasteiger partial charge on any atom is -0.466 e. The quantitative estimate of drug-likeness (QED) is 0.0284. The van der Waals surface area contributed by atoms with E-state index in [9.17, 15) is 14.7 Å². The Hall–Kier alpha value is -1.74. The summed E-state index contributed by atoms with van der Waals surface area (Å²) in [5, 5.41) is 9.53. The third kappa shape index (κ3) is 39.9. The molecule has 0 aromatic carbocycles. The summed E-state index contributed by atoms with van der Waals surface area (Å²) in [5.74, 6) is -0.219. The summed E-state index contributed by atoms with van der Waals surface area (Å²) >= 11 is 0. The smallest absolute Gasteiger partial charge is 0.305 e. The first-order valence-electron chi connectivity index (χ1n) is 22.7. The van der Waals surface area contributed by atoms with E-state index in [-0.39, 0.29) is 24.8 Å². The summed E-state index contributed by atoms with van der Waals surface area (Å²) in [6, 6.07) is 0. The first kappa shape index (κ1) is 52.3. The molecule has 0 spiro atoms. The molecule has 0 unspecified atom stereocenters. The maximum atomic E-state index is 12.5. The van der Waals surface area contributed by atoms with Gasteiger partial charge in [0.1, 0.15) is 0 Å². The van der Waals surface area contributed by atoms with Crippen LogP contribution in [0.2, 0.25) is 0 Å². The number of unbranched alkanes of at least 4 members (excludes halogenated alkanes) is 18. The number of rotatable bonds is 43. The largest absolute Gasteiger partial charge is 0.466 e. The maximum Gasteiger partial charge on any atom is 0.305 e. The van der Waals surface area contributed by atoms with Gasteiger partial charge in [-0.15, -0.1) is 0 Å². The van der Waals surface area contributed by atoms with Crippen molar-refractivity contribution in [3.05, 3.63) is 24.3 Å². The number of carbonyl (C=O) groups excluding carboxylic acids is 2. The predicted octanol–water partition coefficient (Wildman–Crippen LogP) is 11.8. The van der Waals surface area contributed by atoms with Gasteiger partial charge >= 0.3 is 11.9 Å². The molecule has 54 heavy (non-hydrogen) atoms. The van der Waals surface area contributed by atoms with E-state index in [1.54, 1.807) is 0 Å². The summed E-state index contributed by atoms with van der Waals surface area (Å²) in [6.07, 6.45) is 37.8. The van der Waals surface area contributed by atoms with Gasteiger partial charge in [-0.25, -0.2) is 0 Å². The first-order valence-corrected chi connectivity index (χ1v) is 22.7. The fraction of sp³-hybridized carbons (Fsp3) is 0.870. The molecule has 0 aliphatic carbocycles. The average molecular weight is 766 g/mol. The van der Waals surface area contributed by atoms with E-state index in [1.807, 2.05) is 0 Å². The van der Waals surface area contributed by atoms with Gasteiger partial charge in [-0.2, -0.15) is 0 Å². The van der Waals surface area contributed by atoms with Crippen LogP contribution >= 0.6 is 0 Å². The zero-order chi connectivity index (χ0) is 39.4. The molecule has 0 aliphatic rings. The van der Waals surface area contributed by atoms with Crippen LogP contribution in [-0.4, -0.2) is 80.9 Å². The molecule has 0 saturated heterocycles. The van der Waals surface area contributed by atoms with Gasteiger partial charge in [0.25, 0.3) is 0 Å². The summed E-state index contributed by atoms with van der Waals surface area (Å²) in [7, 11) is 0. The number of allylic oxidation sites excluding steroid dienone is 4. The molecule has 0 aromatic rings. The van der Waals surface area contributed by atoms with Gasteiger partial charge in [0.05, 0.1) is 26.2 Å². The van der Waals surface area contributed by atoms with E-state index in [4.69, 9.17) is 18.9 Å². The number of aliphatic hydroxyl groups is 1. The topological polar surface area (TPSA) is 94.5 Å². The fourth-order valence-electron chi connectivity index (χ4n) is 6.33. The molecule has 318 valence electrons. The monoisotopic (exact) mass is 766 g/mol. The summed E-state index contributed by atoms with van der Waals surface area (Å²) in [4.78, 5) is 26.8. The minimum atomic E-state index is -0.360. The number of hydrogen-bond donors (Lipinski definition) is 1. The van der Waals surface area contributed by atoms with Crippen molar-refractivity contribution in [1.29, 1.82) is 0 Å². The highest BCUT2D eigenvalue weighted by atomic mass is 16.7. The summed E-state index contributed by atoms with van der Waals surface area (Å²) in [5.41, 5.74) is 0. The number of aliphatic hydroxyl groups excluding tert-OH is 1. The molecule has 0 rings (SSSR count). The van der Waals surface area contributed by atoms with Crippen molar-refractivity contribution in [3.63, 3.8) is 0 Å². The normalized spacial score (nSPS) is 11.9. The first-order chi connectivity index (χ1) is 26.6. The molecule has 8 heteroatoms. The van der Waals surface area contributed by atoms with Crippen molar-refractivity contribution in [2.75, 3.05) is 52.7 Å². The standard InChI is InChI=1S/C46H87NO7/c1-4-7-10-13-16-17-24-29-40-51-44(49)33-26-19-18-20-27-36-47(38-39-48)37-28-21-25-30-41-52-45(50)34-35-46(53-42-31-22-14-11-8-5-2)54-43-32-23-15-12-9-6-3/h8-9,11-12,46,48H,4-7,10,13-43H2,1-3H3/b11-8-,12-9-. The molecule has 0 atom stereocenters. The van der Waals surface area contributed by atoms with E-state index < -0.39 is 0 Å². The Kier molecular flexibility index (Phi) is 42.6. The minimum absolute atomic E-state index is 0.0424. The van der Waals surface area contributed by atoms with Crippen LogP contribution in [0.15, 0.2) is 24.3 Å². The molecule has 0 aliphatic heterocycles. The average Bonchev–Trinajstić information content (AvgIpc) is 3.17. The van der Waals surface area contributed by atoms with Gasteiger partial charge < -0.3 is 29.0 Å². The SMILES string of the molecule is CC/C=C\CCCCOC(CCC(=O)OCCCCCCN(CCO)CCCCCCCC(=O)OCCCCCCCCCC)OCCCC/C=C\CC. The second-order valence-electron chi connectivity index (χ2n) is 14.9. The van der Waals surface area contributed by atoms with Crippen LogP contribution in [0.5, 0.6) is 0 Å². The third-order valence-electron chi connectivity index (χ3n) is 9.69. The van der Waals surface area contributed by atoms with Crippen LogP contribution in [0.4, 0.5) is 0 Å². The molecule has 0 heterocycles. The number of hydrogen-bond acceptors (Lipinski definition) is 8. The molecular weight excluding hydrogens is 679 g/mol. The molecule has 0 amide bonds. The van der Waals surface area contributed by atoms with Crippen molar-refractivity contribution in [2.45, 2.75) is 207 Å². The third-order valence-corrected chi connectivity index (χ3v) is 9.69. The fourth-order valence-corrected chi connectivity index (χ4v) is 6.33. The van der Waals surface area contributed by atoms with Crippen molar-refractivity contribution >= 4 is 11.9 Å². The lowest BCUT2D eigenvalue weighted by molar-refractivity contribution is -0.159. The molecule has 0 radical (unpaired) electrons. The van der Waals surface area contributed by atoms with Crippen LogP contribution in [0, 0.1) is 0 Å². The zero-order valence-electron chi connectivity index (χ0n) is 35.7. The molecule has 0 bridgehead atoms. The van der Waals surface area contributed by atoms with Gasteiger partial charge in [-0.3, -0.25) is 9.59 Å². The zero-order valence-corrected chi connectivity index (χ0v) is 35.7. The van der Waals surface area contributed by atoms with E-state index in [2.05, 4.69) is 50.0 Å². The lowest BCUT2D eigenvalue weighted by atomic mass is 10.1. The molecule has 8 nitrogen and oxygen atoms in total. The Morgan fingerprint density at radius 1 is 0.500 bits per heavy atom. The van der Waals surface area contributed by atoms with E-state index in [1.165, 1.54) is 38.5 Å². The van der Waals surface area contributed by atoms with E-state index in [0.29, 0.717) is 52.2 Å². The van der Waals surface area contributed by atoms with Crippen LogP contribution in [-0.2, 0) is 28.5 Å². The van der Waals surface area contributed by atoms with Crippen LogP contribution in [0.3, 0.4) is 0 Å². The highest BCUT2D eigenvalue weighted by Gasteiger charge is 2.13. The Labute approximate surface area is 333 Å². The molecule has 0 fully saturated rings. The van der Waals surface area contributed by atoms with Crippen molar-refractivity contribution in [2.24, 2.45) is 0 Å². The summed E-state index contributed by atoms with van der Waals surface area (Å²) in [6.45, 7) is 11.7. The second kappa shape index (κ2) is 44.0. The lowest BCUT2D eigenvalue weighted by Crippen LogP contribution is -2.29. The highest BCUT2D eigenvalue weighted by Crippen LogP contribution is 2.13. The van der Waals surface area contributed by atoms with Gasteiger partial charge in [-0.1, -0.05) is 122 Å².